The molecule has 3 aromatic heterocycles. The second kappa shape index (κ2) is 19.9. The first kappa shape index (κ1) is 56.6. The van der Waals surface area contributed by atoms with Crippen LogP contribution in [0.4, 0.5) is 87.8 Å². The predicted molar refractivity (Wildman–Crippen MR) is 262 cm³/mol. The van der Waals surface area contributed by atoms with Gasteiger partial charge in [-0.15, -0.1) is 0 Å². The Morgan fingerprint density at radius 3 is 0.579 bits per heavy atom. The van der Waals surface area contributed by atoms with Crippen LogP contribution in [0.5, 0.6) is 0 Å². The summed E-state index contributed by atoms with van der Waals surface area (Å²) in [6.07, 6.45) is 0. The molecule has 7 aromatic rings. The van der Waals surface area contributed by atoms with Crippen molar-refractivity contribution in [1.82, 2.24) is 19.9 Å². The number of fused-ring (bicyclic) bond motifs is 8. The minimum absolute atomic E-state index is 0.764. The number of aromatic nitrogens is 4. The molecule has 32 heteroatoms. The lowest BCUT2D eigenvalue weighted by Gasteiger charge is -2.12. The summed E-state index contributed by atoms with van der Waals surface area (Å²) in [5.74, 6) is -54.1. The molecule has 0 spiro atoms. The van der Waals surface area contributed by atoms with Gasteiger partial charge in [-0.05, 0) is 127 Å². The average molecular weight is 1610 g/mol. The van der Waals surface area contributed by atoms with Crippen LogP contribution in [0.1, 0.15) is 22.8 Å². The number of aromatic amines is 2. The van der Waals surface area contributed by atoms with Crippen LogP contribution in [0.3, 0.4) is 0 Å². The molecule has 2 aliphatic heterocycles. The fraction of sp³-hybridized carbons (Fsp3) is 0. The summed E-state index contributed by atoms with van der Waals surface area (Å²) < 4.78 is 306. The summed E-state index contributed by atoms with van der Waals surface area (Å²) in [4.78, 5) is 12.8. The fourth-order valence-corrected chi connectivity index (χ4v) is 11.7. The molecular weight excluding hydrogens is 1600 g/mol. The Labute approximate surface area is 472 Å². The molecule has 0 saturated carbocycles. The van der Waals surface area contributed by atoms with E-state index in [0.717, 1.165) is 0 Å². The zero-order valence-corrected chi connectivity index (χ0v) is 47.2. The summed E-state index contributed by atoms with van der Waals surface area (Å²) in [5, 5.41) is 0. The Morgan fingerprint density at radius 1 is 0.197 bits per heavy atom. The second-order valence-corrected chi connectivity index (χ2v) is 21.5. The maximum atomic E-state index is 16.4. The first-order chi connectivity index (χ1) is 35.4. The Balaban J connectivity index is 1.75. The number of halogens is 28. The second-order valence-electron chi connectivity index (χ2n) is 15.2. The SMILES string of the molecule is Fc1c(F)c(F)c(-c2c3nc(c(-c4c(F)c(F)c(F)c(F)c4F)c4[nH]c(c(Br)c4Br)c(-c4c(F)c(F)c(F)c(F)c4F)c4[nH]c(c(Br)c4Br)c(-c4c(F)c(F)c(F)c(F)c4F)c4nc2C(Br)=C4Br)C(Br)=C3Br)c(F)c1F. The molecule has 0 fully saturated rings. The standard InChI is InChI=1S/C44H2Br8F20N4/c45-9-11(47)39-6(2-19(55)27(63)34(70)28(64)20(2)56)41-13(49)15(51)43(75-41)8(4-23(59)31(67)36(72)32(68)24(4)60)44-16(52)14(50)42(76-44)7(3-21(57)29(65)35(71)30(66)22(3)58)40-12(48)10(46)38(74-40)5(37(9)73-39)1-17(53)25(61)33(69)26(62)18(1)54/h73-74H. The highest BCUT2D eigenvalue weighted by Gasteiger charge is 2.40. The third kappa shape index (κ3) is 7.99. The summed E-state index contributed by atoms with van der Waals surface area (Å²) in [7, 11) is 0. The van der Waals surface area contributed by atoms with Crippen LogP contribution in [0.2, 0.25) is 0 Å². The van der Waals surface area contributed by atoms with Crippen molar-refractivity contribution in [2.24, 2.45) is 0 Å². The van der Waals surface area contributed by atoms with Gasteiger partial charge in [0, 0.05) is 22.3 Å². The molecule has 2 N–H and O–H groups in total. The quantitative estimate of drug-likeness (QED) is 0.105. The molecule has 0 radical (unpaired) electrons. The predicted octanol–water partition coefficient (Wildman–Crippen LogP) is 20.0. The largest absolute Gasteiger partial charge is 0.352 e. The lowest BCUT2D eigenvalue weighted by Crippen LogP contribution is -2.07. The highest BCUT2D eigenvalue weighted by atomic mass is 79.9. The Kier molecular flexibility index (Phi) is 14.8. The average Bonchev–Trinajstić information content (AvgIpc) is 4.06. The maximum absolute atomic E-state index is 16.4. The fourth-order valence-electron chi connectivity index (χ4n) is 7.84. The van der Waals surface area contributed by atoms with Crippen LogP contribution < -0.4 is 0 Å². The first-order valence-corrected chi connectivity index (χ1v) is 25.5. The van der Waals surface area contributed by atoms with Gasteiger partial charge in [-0.25, -0.2) is 97.8 Å². The molecule has 0 aliphatic carbocycles. The van der Waals surface area contributed by atoms with Crippen molar-refractivity contribution in [2.45, 2.75) is 0 Å². The van der Waals surface area contributed by atoms with Gasteiger partial charge in [0.2, 0.25) is 23.3 Å². The minimum Gasteiger partial charge on any atom is -0.352 e. The number of benzene rings is 4. The highest BCUT2D eigenvalue weighted by molar-refractivity contribution is 9.18. The van der Waals surface area contributed by atoms with Gasteiger partial charge in [0.15, 0.2) is 93.1 Å². The van der Waals surface area contributed by atoms with E-state index >= 15 is 70.2 Å². The molecule has 0 saturated heterocycles. The summed E-state index contributed by atoms with van der Waals surface area (Å²) in [6.45, 7) is 0. The van der Waals surface area contributed by atoms with Crippen LogP contribution >= 0.6 is 127 Å². The number of hydrogen-bond acceptors (Lipinski definition) is 2. The van der Waals surface area contributed by atoms with Crippen molar-refractivity contribution < 1.29 is 87.8 Å². The van der Waals surface area contributed by atoms with Crippen LogP contribution in [-0.2, 0) is 0 Å². The zero-order chi connectivity index (χ0) is 56.2. The van der Waals surface area contributed by atoms with E-state index in [1.807, 2.05) is 0 Å². The van der Waals surface area contributed by atoms with E-state index in [4.69, 9.17) is 0 Å². The molecule has 394 valence electrons. The van der Waals surface area contributed by atoms with Crippen molar-refractivity contribution in [3.05, 3.63) is 157 Å². The molecule has 4 nitrogen and oxygen atoms in total. The van der Waals surface area contributed by atoms with E-state index in [-0.39, 0.29) is 0 Å². The number of hydrogen-bond donors (Lipinski definition) is 2. The molecule has 2 aliphatic rings. The molecule has 76 heavy (non-hydrogen) atoms. The molecule has 4 aromatic carbocycles. The van der Waals surface area contributed by atoms with E-state index in [2.05, 4.69) is 147 Å². The van der Waals surface area contributed by atoms with Gasteiger partial charge in [0.25, 0.3) is 0 Å². The number of rotatable bonds is 4. The van der Waals surface area contributed by atoms with Gasteiger partial charge in [-0.3, -0.25) is 0 Å². The summed E-state index contributed by atoms with van der Waals surface area (Å²) >= 11 is 23.8. The smallest absolute Gasteiger partial charge is 0.200 e. The van der Waals surface area contributed by atoms with Crippen molar-refractivity contribution in [1.29, 1.82) is 0 Å². The van der Waals surface area contributed by atoms with Crippen molar-refractivity contribution in [3.63, 3.8) is 0 Å². The maximum Gasteiger partial charge on any atom is 0.200 e. The third-order valence-corrected chi connectivity index (χ3v) is 19.6. The molecule has 0 atom stereocenters. The topological polar surface area (TPSA) is 57.4 Å². The van der Waals surface area contributed by atoms with Gasteiger partial charge < -0.3 is 9.97 Å². The Bertz CT molecular complexity index is 3870. The molecule has 5 heterocycles. The third-order valence-electron chi connectivity index (χ3n) is 11.2. The van der Waals surface area contributed by atoms with E-state index in [1.54, 1.807) is 0 Å². The molecular formula is C44H2Br8F20N4. The monoisotopic (exact) mass is 1600 g/mol. The van der Waals surface area contributed by atoms with Gasteiger partial charge >= 0.3 is 0 Å². The van der Waals surface area contributed by atoms with Crippen LogP contribution in [0.25, 0.3) is 84.5 Å². The van der Waals surface area contributed by atoms with Crippen molar-refractivity contribution in [2.75, 3.05) is 0 Å². The lowest BCUT2D eigenvalue weighted by atomic mass is 10.00. The zero-order valence-electron chi connectivity index (χ0n) is 34.5. The number of nitrogens with one attached hydrogen (secondary N) is 2. The van der Waals surface area contributed by atoms with Gasteiger partial charge in [-0.2, -0.15) is 0 Å². The lowest BCUT2D eigenvalue weighted by molar-refractivity contribution is 0.381. The van der Waals surface area contributed by atoms with Crippen LogP contribution in [-0.4, -0.2) is 19.9 Å². The summed E-state index contributed by atoms with van der Waals surface area (Å²) in [6, 6.07) is 0. The van der Waals surface area contributed by atoms with Gasteiger partial charge in [0.05, 0.1) is 103 Å². The van der Waals surface area contributed by atoms with E-state index in [1.165, 1.54) is 0 Å². The van der Waals surface area contributed by atoms with Gasteiger partial charge in [-0.1, -0.05) is 0 Å². The normalized spacial score (nSPS) is 12.9. The Hall–Kier alpha value is -4.08. The Morgan fingerprint density at radius 2 is 0.355 bits per heavy atom. The van der Waals surface area contributed by atoms with E-state index in [0.29, 0.717) is 0 Å². The van der Waals surface area contributed by atoms with E-state index in [9.17, 15) is 17.6 Å². The van der Waals surface area contributed by atoms with Crippen LogP contribution in [0, 0.1) is 116 Å². The van der Waals surface area contributed by atoms with E-state index < -0.39 is 242 Å². The molecule has 8 bridgehead atoms. The van der Waals surface area contributed by atoms with Crippen LogP contribution in [0.15, 0.2) is 17.9 Å². The highest BCUT2D eigenvalue weighted by Crippen LogP contribution is 2.55. The van der Waals surface area contributed by atoms with Crippen molar-refractivity contribution in [3.8, 4) is 44.5 Å². The van der Waals surface area contributed by atoms with Gasteiger partial charge in [0.1, 0.15) is 0 Å². The molecule has 0 unspecified atom stereocenters. The first-order valence-electron chi connectivity index (χ1n) is 19.2. The number of nitrogens with zero attached hydrogens (tertiary/aromatic N) is 2. The summed E-state index contributed by atoms with van der Waals surface area (Å²) in [5.41, 5.74) is -22.6. The molecule has 0 amide bonds. The molecule has 9 rings (SSSR count). The minimum atomic E-state index is -2.78. The number of H-pyrrole nitrogens is 2. The van der Waals surface area contributed by atoms with Crippen molar-refractivity contribution >= 4 is 167 Å².